The van der Waals surface area contributed by atoms with E-state index in [1.165, 1.54) is 4.88 Å². The van der Waals surface area contributed by atoms with Crippen LogP contribution in [0.1, 0.15) is 23.6 Å². The van der Waals surface area contributed by atoms with Gasteiger partial charge in [-0.1, -0.05) is 0 Å². The summed E-state index contributed by atoms with van der Waals surface area (Å²) >= 11 is 5.10. The third kappa shape index (κ3) is 1.77. The van der Waals surface area contributed by atoms with Crippen molar-refractivity contribution in [3.8, 4) is 0 Å². The van der Waals surface area contributed by atoms with E-state index in [2.05, 4.69) is 15.9 Å². The molecule has 3 heteroatoms. The van der Waals surface area contributed by atoms with Crippen LogP contribution in [0.2, 0.25) is 0 Å². The van der Waals surface area contributed by atoms with Gasteiger partial charge in [0.25, 0.3) is 0 Å². The Morgan fingerprint density at radius 3 is 2.50 bits per heavy atom. The van der Waals surface area contributed by atoms with Crippen LogP contribution in [-0.4, -0.2) is 6.29 Å². The van der Waals surface area contributed by atoms with Crippen LogP contribution in [0.25, 0.3) is 0 Å². The highest BCUT2D eigenvalue weighted by atomic mass is 79.9. The van der Waals surface area contributed by atoms with E-state index >= 15 is 0 Å². The molecule has 0 aliphatic rings. The van der Waals surface area contributed by atoms with Gasteiger partial charge >= 0.3 is 0 Å². The monoisotopic (exact) mass is 246 g/mol. The molecule has 0 atom stereocenters. The lowest BCUT2D eigenvalue weighted by molar-refractivity contribution is -0.111. The summed E-state index contributed by atoms with van der Waals surface area (Å²) in [5, 5.41) is 0. The first-order chi connectivity index (χ1) is 5.47. The minimum Gasteiger partial charge on any atom is -0.302 e. The summed E-state index contributed by atoms with van der Waals surface area (Å²) in [5.41, 5.74) is -0.346. The molecule has 0 aliphatic heterocycles. The summed E-state index contributed by atoms with van der Waals surface area (Å²) in [4.78, 5) is 13.1. The second kappa shape index (κ2) is 3.30. The summed E-state index contributed by atoms with van der Waals surface area (Å²) in [7, 11) is 0. The van der Waals surface area contributed by atoms with Gasteiger partial charge in [0.2, 0.25) is 0 Å². The summed E-state index contributed by atoms with van der Waals surface area (Å²) in [6, 6.07) is 2.02. The minimum absolute atomic E-state index is 0.346. The van der Waals surface area contributed by atoms with Gasteiger partial charge in [0, 0.05) is 14.2 Å². The van der Waals surface area contributed by atoms with Crippen LogP contribution in [0.4, 0.5) is 0 Å². The van der Waals surface area contributed by atoms with Gasteiger partial charge in [-0.05, 0) is 42.8 Å². The van der Waals surface area contributed by atoms with Crippen molar-refractivity contribution in [3.63, 3.8) is 0 Å². The maximum absolute atomic E-state index is 10.7. The zero-order valence-corrected chi connectivity index (χ0v) is 9.75. The standard InChI is InChI=1S/C9H11BrOS/c1-6-7(10)4-8(12-6)9(2,3)5-11/h4-5H,1-3H3. The Morgan fingerprint density at radius 1 is 1.58 bits per heavy atom. The topological polar surface area (TPSA) is 17.1 Å². The van der Waals surface area contributed by atoms with Crippen LogP contribution in [0.3, 0.4) is 0 Å². The Balaban J connectivity index is 3.12. The number of rotatable bonds is 2. The number of carbonyl (C=O) groups is 1. The van der Waals surface area contributed by atoms with Crippen molar-refractivity contribution in [3.05, 3.63) is 20.3 Å². The molecule has 0 unspecified atom stereocenters. The molecule has 0 saturated carbocycles. The van der Waals surface area contributed by atoms with Crippen molar-refractivity contribution >= 4 is 33.6 Å². The van der Waals surface area contributed by atoms with Crippen molar-refractivity contribution < 1.29 is 4.79 Å². The van der Waals surface area contributed by atoms with Gasteiger partial charge in [-0.3, -0.25) is 0 Å². The van der Waals surface area contributed by atoms with Crippen LogP contribution in [0.15, 0.2) is 10.5 Å². The molecule has 1 aromatic heterocycles. The number of aldehydes is 1. The predicted octanol–water partition coefficient (Wildman–Crippen LogP) is 3.30. The number of hydrogen-bond acceptors (Lipinski definition) is 2. The van der Waals surface area contributed by atoms with Crippen molar-refractivity contribution in [1.82, 2.24) is 0 Å². The summed E-state index contributed by atoms with van der Waals surface area (Å²) in [6.45, 7) is 5.90. The highest BCUT2D eigenvalue weighted by Gasteiger charge is 2.22. The normalized spacial score (nSPS) is 11.7. The highest BCUT2D eigenvalue weighted by Crippen LogP contribution is 2.33. The lowest BCUT2D eigenvalue weighted by atomic mass is 9.94. The van der Waals surface area contributed by atoms with Crippen LogP contribution < -0.4 is 0 Å². The quantitative estimate of drug-likeness (QED) is 0.733. The number of carbonyl (C=O) groups excluding carboxylic acids is 1. The Hall–Kier alpha value is -0.150. The largest absolute Gasteiger partial charge is 0.302 e. The van der Waals surface area contributed by atoms with E-state index < -0.39 is 0 Å². The smallest absolute Gasteiger partial charge is 0.130 e. The molecule has 1 aromatic rings. The lowest BCUT2D eigenvalue weighted by Gasteiger charge is -2.13. The molecule has 0 spiro atoms. The molecule has 1 heterocycles. The van der Waals surface area contributed by atoms with E-state index in [0.717, 1.165) is 15.6 Å². The van der Waals surface area contributed by atoms with Gasteiger partial charge in [0.1, 0.15) is 6.29 Å². The van der Waals surface area contributed by atoms with Gasteiger partial charge in [-0.15, -0.1) is 11.3 Å². The van der Waals surface area contributed by atoms with Crippen molar-refractivity contribution in [2.45, 2.75) is 26.2 Å². The van der Waals surface area contributed by atoms with Crippen LogP contribution in [0, 0.1) is 6.92 Å². The SMILES string of the molecule is Cc1sc(C(C)(C)C=O)cc1Br. The third-order valence-electron chi connectivity index (χ3n) is 1.79. The van der Waals surface area contributed by atoms with Crippen LogP contribution >= 0.6 is 27.3 Å². The van der Waals surface area contributed by atoms with Gasteiger partial charge in [0.15, 0.2) is 0 Å². The van der Waals surface area contributed by atoms with E-state index in [0.29, 0.717) is 0 Å². The summed E-state index contributed by atoms with van der Waals surface area (Å²) in [6.07, 6.45) is 0.991. The first-order valence-electron chi connectivity index (χ1n) is 3.70. The summed E-state index contributed by atoms with van der Waals surface area (Å²) in [5.74, 6) is 0. The molecule has 0 bridgehead atoms. The molecule has 0 amide bonds. The Morgan fingerprint density at radius 2 is 2.17 bits per heavy atom. The number of halogens is 1. The van der Waals surface area contributed by atoms with Crippen molar-refractivity contribution in [2.75, 3.05) is 0 Å². The molecular formula is C9H11BrOS. The molecule has 0 saturated heterocycles. The van der Waals surface area contributed by atoms with Crippen LogP contribution in [0.5, 0.6) is 0 Å². The molecule has 0 fully saturated rings. The molecule has 1 rings (SSSR count). The Labute approximate surface area is 84.9 Å². The first kappa shape index (κ1) is 9.93. The van der Waals surface area contributed by atoms with E-state index in [-0.39, 0.29) is 5.41 Å². The molecule has 0 aliphatic carbocycles. The van der Waals surface area contributed by atoms with Crippen LogP contribution in [-0.2, 0) is 10.2 Å². The zero-order valence-electron chi connectivity index (χ0n) is 7.35. The average molecular weight is 247 g/mol. The second-order valence-electron chi connectivity index (χ2n) is 3.35. The number of aryl methyl sites for hydroxylation is 1. The number of hydrogen-bond donors (Lipinski definition) is 0. The van der Waals surface area contributed by atoms with Crippen molar-refractivity contribution in [2.24, 2.45) is 0 Å². The molecule has 0 aromatic carbocycles. The highest BCUT2D eigenvalue weighted by molar-refractivity contribution is 9.10. The zero-order chi connectivity index (χ0) is 9.35. The van der Waals surface area contributed by atoms with E-state index in [1.807, 2.05) is 26.8 Å². The maximum Gasteiger partial charge on any atom is 0.130 e. The fourth-order valence-corrected chi connectivity index (χ4v) is 2.43. The van der Waals surface area contributed by atoms with Gasteiger partial charge in [-0.25, -0.2) is 0 Å². The van der Waals surface area contributed by atoms with Crippen molar-refractivity contribution in [1.29, 1.82) is 0 Å². The van der Waals surface area contributed by atoms with Gasteiger partial charge in [-0.2, -0.15) is 0 Å². The second-order valence-corrected chi connectivity index (χ2v) is 5.46. The first-order valence-corrected chi connectivity index (χ1v) is 5.31. The van der Waals surface area contributed by atoms with E-state index in [4.69, 9.17) is 0 Å². The Bertz CT molecular complexity index is 282. The average Bonchev–Trinajstić information content (AvgIpc) is 2.33. The minimum atomic E-state index is -0.346. The predicted molar refractivity (Wildman–Crippen MR) is 55.8 cm³/mol. The molecule has 66 valence electrons. The van der Waals surface area contributed by atoms with Gasteiger partial charge < -0.3 is 4.79 Å². The lowest BCUT2D eigenvalue weighted by Crippen LogP contribution is -2.16. The molecular weight excluding hydrogens is 236 g/mol. The molecule has 0 radical (unpaired) electrons. The van der Waals surface area contributed by atoms with Gasteiger partial charge in [0.05, 0.1) is 5.41 Å². The molecule has 1 nitrogen and oxygen atoms in total. The maximum atomic E-state index is 10.7. The fourth-order valence-electron chi connectivity index (χ4n) is 0.835. The summed E-state index contributed by atoms with van der Waals surface area (Å²) < 4.78 is 1.09. The van der Waals surface area contributed by atoms with E-state index in [9.17, 15) is 4.79 Å². The fraction of sp³-hybridized carbons (Fsp3) is 0.444. The molecule has 12 heavy (non-hydrogen) atoms. The van der Waals surface area contributed by atoms with E-state index in [1.54, 1.807) is 11.3 Å². The number of thiophene rings is 1. The third-order valence-corrected chi connectivity index (χ3v) is 4.26. The molecule has 0 N–H and O–H groups in total. The Kier molecular flexibility index (Phi) is 2.74.